The Bertz CT molecular complexity index is 533. The van der Waals surface area contributed by atoms with E-state index in [1.54, 1.807) is 7.11 Å². The van der Waals surface area contributed by atoms with Gasteiger partial charge in [0.2, 0.25) is 0 Å². The lowest BCUT2D eigenvalue weighted by molar-refractivity contribution is 0.169. The molecule has 0 amide bonds. The van der Waals surface area contributed by atoms with E-state index >= 15 is 0 Å². The highest BCUT2D eigenvalue weighted by atomic mass is 16.5. The van der Waals surface area contributed by atoms with E-state index in [2.05, 4.69) is 60.8 Å². The van der Waals surface area contributed by atoms with Gasteiger partial charge in [0.05, 0.1) is 12.6 Å². The molecule has 0 saturated carbocycles. The average Bonchev–Trinajstić information content (AvgIpc) is 2.75. The van der Waals surface area contributed by atoms with Crippen molar-refractivity contribution in [3.8, 4) is 11.1 Å². The standard InChI is InChI=1S/C17H19NO/c1-12(11-19-2)18-17-15-9-5-3-7-13(15)14-8-4-6-10-16(14)17/h3-10,12,17-18H,11H2,1-2H3. The van der Waals surface area contributed by atoms with Crippen molar-refractivity contribution >= 4 is 0 Å². The molecule has 1 atom stereocenters. The van der Waals surface area contributed by atoms with E-state index in [1.165, 1.54) is 22.3 Å². The van der Waals surface area contributed by atoms with Gasteiger partial charge in [-0.15, -0.1) is 0 Å². The predicted molar refractivity (Wildman–Crippen MR) is 78.2 cm³/mol. The van der Waals surface area contributed by atoms with Gasteiger partial charge in [-0.05, 0) is 29.2 Å². The largest absolute Gasteiger partial charge is 0.383 e. The smallest absolute Gasteiger partial charge is 0.0613 e. The molecule has 0 spiro atoms. The van der Waals surface area contributed by atoms with Gasteiger partial charge in [0.15, 0.2) is 0 Å². The summed E-state index contributed by atoms with van der Waals surface area (Å²) >= 11 is 0. The summed E-state index contributed by atoms with van der Waals surface area (Å²) < 4.78 is 5.23. The Hall–Kier alpha value is -1.64. The summed E-state index contributed by atoms with van der Waals surface area (Å²) in [6, 6.07) is 17.9. The number of rotatable bonds is 4. The molecule has 1 aliphatic carbocycles. The van der Waals surface area contributed by atoms with Crippen LogP contribution in [-0.4, -0.2) is 19.8 Å². The van der Waals surface area contributed by atoms with Crippen LogP contribution in [0.15, 0.2) is 48.5 Å². The maximum absolute atomic E-state index is 5.23. The summed E-state index contributed by atoms with van der Waals surface area (Å²) in [5.41, 5.74) is 5.43. The third-order valence-electron chi connectivity index (χ3n) is 3.70. The molecule has 98 valence electrons. The summed E-state index contributed by atoms with van der Waals surface area (Å²) in [4.78, 5) is 0. The summed E-state index contributed by atoms with van der Waals surface area (Å²) in [7, 11) is 1.74. The van der Waals surface area contributed by atoms with Crippen molar-refractivity contribution in [2.24, 2.45) is 0 Å². The lowest BCUT2D eigenvalue weighted by Gasteiger charge is -2.21. The molecule has 0 aliphatic heterocycles. The molecule has 1 aliphatic rings. The van der Waals surface area contributed by atoms with Gasteiger partial charge in [-0.25, -0.2) is 0 Å². The van der Waals surface area contributed by atoms with Crippen LogP contribution in [0.5, 0.6) is 0 Å². The number of fused-ring (bicyclic) bond motifs is 3. The molecule has 1 unspecified atom stereocenters. The summed E-state index contributed by atoms with van der Waals surface area (Å²) in [5, 5.41) is 3.67. The van der Waals surface area contributed by atoms with Gasteiger partial charge >= 0.3 is 0 Å². The van der Waals surface area contributed by atoms with Crippen LogP contribution in [0.25, 0.3) is 11.1 Å². The molecule has 2 aromatic carbocycles. The molecule has 0 heterocycles. The molecule has 3 rings (SSSR count). The lowest BCUT2D eigenvalue weighted by atomic mass is 10.0. The second-order valence-electron chi connectivity index (χ2n) is 5.13. The van der Waals surface area contributed by atoms with Gasteiger partial charge in [-0.2, -0.15) is 0 Å². The number of nitrogens with one attached hydrogen (secondary N) is 1. The molecule has 0 fully saturated rings. The second-order valence-corrected chi connectivity index (χ2v) is 5.13. The minimum absolute atomic E-state index is 0.276. The zero-order valence-corrected chi connectivity index (χ0v) is 11.4. The molecular formula is C17H19NO. The molecule has 2 heteroatoms. The van der Waals surface area contributed by atoms with Gasteiger partial charge < -0.3 is 10.1 Å². The number of hydrogen-bond donors (Lipinski definition) is 1. The van der Waals surface area contributed by atoms with Crippen LogP contribution in [0.1, 0.15) is 24.1 Å². The quantitative estimate of drug-likeness (QED) is 0.902. The molecule has 0 aromatic heterocycles. The monoisotopic (exact) mass is 253 g/mol. The predicted octanol–water partition coefficient (Wildman–Crippen LogP) is 3.38. The Morgan fingerprint density at radius 3 is 2.05 bits per heavy atom. The topological polar surface area (TPSA) is 21.3 Å². The van der Waals surface area contributed by atoms with Gasteiger partial charge in [-0.3, -0.25) is 0 Å². The third kappa shape index (κ3) is 2.18. The van der Waals surface area contributed by atoms with Crippen LogP contribution < -0.4 is 5.32 Å². The van der Waals surface area contributed by atoms with Gasteiger partial charge in [0.25, 0.3) is 0 Å². The number of benzene rings is 2. The van der Waals surface area contributed by atoms with Gasteiger partial charge in [0, 0.05) is 13.2 Å². The van der Waals surface area contributed by atoms with E-state index in [-0.39, 0.29) is 6.04 Å². The molecule has 1 N–H and O–H groups in total. The van der Waals surface area contributed by atoms with Crippen molar-refractivity contribution < 1.29 is 4.74 Å². The molecular weight excluding hydrogens is 234 g/mol. The van der Waals surface area contributed by atoms with E-state index in [0.717, 1.165) is 6.61 Å². The molecule has 0 bridgehead atoms. The van der Waals surface area contributed by atoms with Crippen molar-refractivity contribution in [2.75, 3.05) is 13.7 Å². The summed E-state index contributed by atoms with van der Waals surface area (Å²) in [6.45, 7) is 2.88. The molecule has 2 aromatic rings. The minimum Gasteiger partial charge on any atom is -0.383 e. The van der Waals surface area contributed by atoms with Crippen LogP contribution >= 0.6 is 0 Å². The maximum atomic E-state index is 5.23. The fraction of sp³-hybridized carbons (Fsp3) is 0.294. The molecule has 0 radical (unpaired) electrons. The van der Waals surface area contributed by atoms with Gasteiger partial charge in [-0.1, -0.05) is 48.5 Å². The highest BCUT2D eigenvalue weighted by molar-refractivity contribution is 5.78. The first-order chi connectivity index (χ1) is 9.31. The Balaban J connectivity index is 2.00. The van der Waals surface area contributed by atoms with E-state index < -0.39 is 0 Å². The first kappa shape index (κ1) is 12.4. The highest BCUT2D eigenvalue weighted by Gasteiger charge is 2.28. The van der Waals surface area contributed by atoms with Crippen LogP contribution in [0.2, 0.25) is 0 Å². The second kappa shape index (κ2) is 5.16. The van der Waals surface area contributed by atoms with Crippen molar-refractivity contribution in [2.45, 2.75) is 19.0 Å². The fourth-order valence-corrected chi connectivity index (χ4v) is 2.92. The Morgan fingerprint density at radius 2 is 1.53 bits per heavy atom. The Labute approximate surface area is 114 Å². The van der Waals surface area contributed by atoms with Crippen molar-refractivity contribution in [1.82, 2.24) is 5.32 Å². The number of hydrogen-bond acceptors (Lipinski definition) is 2. The Morgan fingerprint density at radius 1 is 1.00 bits per heavy atom. The van der Waals surface area contributed by atoms with E-state index in [1.807, 2.05) is 0 Å². The molecule has 19 heavy (non-hydrogen) atoms. The zero-order chi connectivity index (χ0) is 13.2. The number of ether oxygens (including phenoxy) is 1. The van der Waals surface area contributed by atoms with E-state index in [4.69, 9.17) is 4.74 Å². The van der Waals surface area contributed by atoms with Crippen molar-refractivity contribution in [3.05, 3.63) is 59.7 Å². The normalized spacial score (nSPS) is 15.1. The zero-order valence-electron chi connectivity index (χ0n) is 11.4. The van der Waals surface area contributed by atoms with Crippen LogP contribution in [-0.2, 0) is 4.74 Å². The van der Waals surface area contributed by atoms with Crippen LogP contribution in [0.3, 0.4) is 0 Å². The number of methoxy groups -OCH3 is 1. The summed E-state index contributed by atoms with van der Waals surface area (Å²) in [5.74, 6) is 0. The highest BCUT2D eigenvalue weighted by Crippen LogP contribution is 2.43. The average molecular weight is 253 g/mol. The SMILES string of the molecule is COCC(C)NC1c2ccccc2-c2ccccc21. The summed E-state index contributed by atoms with van der Waals surface area (Å²) in [6.07, 6.45) is 0. The Kier molecular flexibility index (Phi) is 3.36. The first-order valence-corrected chi connectivity index (χ1v) is 6.74. The third-order valence-corrected chi connectivity index (χ3v) is 3.70. The first-order valence-electron chi connectivity index (χ1n) is 6.74. The fourth-order valence-electron chi connectivity index (χ4n) is 2.92. The van der Waals surface area contributed by atoms with Crippen LogP contribution in [0.4, 0.5) is 0 Å². The molecule has 0 saturated heterocycles. The van der Waals surface area contributed by atoms with Crippen LogP contribution in [0, 0.1) is 0 Å². The minimum atomic E-state index is 0.276. The van der Waals surface area contributed by atoms with Crippen molar-refractivity contribution in [1.29, 1.82) is 0 Å². The molecule has 2 nitrogen and oxygen atoms in total. The van der Waals surface area contributed by atoms with E-state index in [0.29, 0.717) is 6.04 Å². The lowest BCUT2D eigenvalue weighted by Crippen LogP contribution is -2.33. The maximum Gasteiger partial charge on any atom is 0.0613 e. The van der Waals surface area contributed by atoms with E-state index in [9.17, 15) is 0 Å². The van der Waals surface area contributed by atoms with Gasteiger partial charge in [0.1, 0.15) is 0 Å². The van der Waals surface area contributed by atoms with Crippen molar-refractivity contribution in [3.63, 3.8) is 0 Å².